The fraction of sp³-hybridized carbons (Fsp3) is 0.0556. The second-order valence-electron chi connectivity index (χ2n) is 5.49. The summed E-state index contributed by atoms with van der Waals surface area (Å²) < 4.78 is 5.47. The van der Waals surface area contributed by atoms with Crippen LogP contribution in [0.5, 0.6) is 0 Å². The van der Waals surface area contributed by atoms with Crippen LogP contribution in [-0.4, -0.2) is 15.9 Å². The quantitative estimate of drug-likeness (QED) is 0.462. The van der Waals surface area contributed by atoms with Gasteiger partial charge in [0.05, 0.1) is 26.2 Å². The van der Waals surface area contributed by atoms with E-state index in [1.54, 1.807) is 30.3 Å². The number of hydrogen-bond donors (Lipinski definition) is 2. The summed E-state index contributed by atoms with van der Waals surface area (Å²) in [5.74, 6) is 0.340. The van der Waals surface area contributed by atoms with Crippen molar-refractivity contribution in [1.29, 1.82) is 0 Å². The Hall–Kier alpha value is -2.87. The summed E-state index contributed by atoms with van der Waals surface area (Å²) in [4.78, 5) is 22.7. The van der Waals surface area contributed by atoms with Gasteiger partial charge in [0.2, 0.25) is 0 Å². The summed E-state index contributed by atoms with van der Waals surface area (Å²) in [5, 5.41) is 22.7. The van der Waals surface area contributed by atoms with Crippen molar-refractivity contribution in [2.24, 2.45) is 0 Å². The lowest BCUT2D eigenvalue weighted by Crippen LogP contribution is -2.13. The molecule has 0 bridgehead atoms. The molecule has 3 aromatic rings. The fourth-order valence-electron chi connectivity index (χ4n) is 2.38. The van der Waals surface area contributed by atoms with E-state index in [0.717, 1.165) is 6.07 Å². The van der Waals surface area contributed by atoms with E-state index < -0.39 is 10.8 Å². The van der Waals surface area contributed by atoms with E-state index in [1.165, 1.54) is 12.1 Å². The molecular weight excluding hydrogens is 395 g/mol. The van der Waals surface area contributed by atoms with Gasteiger partial charge in [-0.2, -0.15) is 0 Å². The minimum atomic E-state index is -0.599. The Morgan fingerprint density at radius 2 is 1.89 bits per heavy atom. The number of hydrogen-bond acceptors (Lipinski definition) is 5. The number of aliphatic hydroxyl groups excluding tert-OH is 1. The van der Waals surface area contributed by atoms with Crippen molar-refractivity contribution in [1.82, 2.24) is 0 Å². The highest BCUT2D eigenvalue weighted by Crippen LogP contribution is 2.31. The fourth-order valence-corrected chi connectivity index (χ4v) is 2.81. The highest BCUT2D eigenvalue weighted by molar-refractivity contribution is 6.36. The number of nitro groups is 1. The summed E-state index contributed by atoms with van der Waals surface area (Å²) >= 11 is 12.1. The number of carbonyl (C=O) groups excluding carboxylic acids is 1. The van der Waals surface area contributed by atoms with Crippen molar-refractivity contribution in [3.63, 3.8) is 0 Å². The van der Waals surface area contributed by atoms with Crippen LogP contribution in [0.3, 0.4) is 0 Å². The second kappa shape index (κ2) is 7.79. The average Bonchev–Trinajstić information content (AvgIpc) is 3.12. The molecule has 0 atom stereocenters. The summed E-state index contributed by atoms with van der Waals surface area (Å²) in [7, 11) is 0. The van der Waals surface area contributed by atoms with Crippen molar-refractivity contribution in [2.75, 3.05) is 5.32 Å². The number of furan rings is 1. The van der Waals surface area contributed by atoms with Gasteiger partial charge in [0.15, 0.2) is 0 Å². The number of aliphatic hydroxyl groups is 1. The molecule has 2 N–H and O–H groups in total. The van der Waals surface area contributed by atoms with E-state index in [4.69, 9.17) is 32.7 Å². The van der Waals surface area contributed by atoms with Crippen molar-refractivity contribution in [2.45, 2.75) is 6.61 Å². The lowest BCUT2D eigenvalue weighted by Gasteiger charge is -2.10. The molecule has 0 aliphatic heterocycles. The van der Waals surface area contributed by atoms with Crippen LogP contribution in [0.15, 0.2) is 52.9 Å². The third-order valence-electron chi connectivity index (χ3n) is 3.72. The average molecular weight is 407 g/mol. The van der Waals surface area contributed by atoms with Gasteiger partial charge in [-0.25, -0.2) is 0 Å². The van der Waals surface area contributed by atoms with E-state index in [2.05, 4.69) is 5.32 Å². The molecule has 7 nitrogen and oxygen atoms in total. The number of nitrogens with zero attached hydrogens (tertiary/aromatic N) is 1. The first-order valence-corrected chi connectivity index (χ1v) is 8.39. The van der Waals surface area contributed by atoms with Gasteiger partial charge in [0, 0.05) is 17.7 Å². The van der Waals surface area contributed by atoms with Gasteiger partial charge in [-0.05, 0) is 36.4 Å². The van der Waals surface area contributed by atoms with Gasteiger partial charge in [0.1, 0.15) is 18.1 Å². The molecule has 138 valence electrons. The number of non-ortho nitro benzene ring substituents is 1. The Balaban J connectivity index is 1.87. The van der Waals surface area contributed by atoms with E-state index in [1.807, 2.05) is 0 Å². The SMILES string of the molecule is O=C(Nc1cc(-c2ccc(CO)o2)ccc1Cl)c1ccc([N+](=O)[O-])cc1Cl. The maximum Gasteiger partial charge on any atom is 0.270 e. The van der Waals surface area contributed by atoms with Crippen molar-refractivity contribution < 1.29 is 19.2 Å². The van der Waals surface area contributed by atoms with Crippen LogP contribution in [0, 0.1) is 10.1 Å². The number of nitro benzene ring substituents is 1. The Labute approximate surface area is 163 Å². The van der Waals surface area contributed by atoms with Gasteiger partial charge in [-0.1, -0.05) is 23.2 Å². The van der Waals surface area contributed by atoms with E-state index >= 15 is 0 Å². The van der Waals surface area contributed by atoms with Gasteiger partial charge in [-0.3, -0.25) is 14.9 Å². The van der Waals surface area contributed by atoms with Crippen LogP contribution < -0.4 is 5.32 Å². The standard InChI is InChI=1S/C18H12Cl2N2O5/c19-14-5-1-10(17-6-3-12(9-23)27-17)7-16(14)21-18(24)13-4-2-11(22(25)26)8-15(13)20/h1-8,23H,9H2,(H,21,24). The summed E-state index contributed by atoms with van der Waals surface area (Å²) in [6, 6.07) is 11.8. The number of benzene rings is 2. The first-order chi connectivity index (χ1) is 12.9. The molecule has 2 aromatic carbocycles. The zero-order valence-corrected chi connectivity index (χ0v) is 15.1. The first-order valence-electron chi connectivity index (χ1n) is 7.64. The number of amides is 1. The Bertz CT molecular complexity index is 1030. The first kappa shape index (κ1) is 18.9. The molecule has 1 aromatic heterocycles. The normalized spacial score (nSPS) is 10.6. The Kier molecular flexibility index (Phi) is 5.46. The maximum absolute atomic E-state index is 12.5. The van der Waals surface area contributed by atoms with Gasteiger partial charge in [-0.15, -0.1) is 0 Å². The molecule has 0 radical (unpaired) electrons. The number of rotatable bonds is 5. The summed E-state index contributed by atoms with van der Waals surface area (Å²) in [6.45, 7) is -0.226. The zero-order valence-electron chi connectivity index (χ0n) is 13.6. The van der Waals surface area contributed by atoms with Crippen molar-refractivity contribution >= 4 is 40.5 Å². The molecule has 0 aliphatic rings. The van der Waals surface area contributed by atoms with Crippen LogP contribution in [0.4, 0.5) is 11.4 Å². The molecule has 1 heterocycles. The monoisotopic (exact) mass is 406 g/mol. The molecule has 0 saturated carbocycles. The third kappa shape index (κ3) is 4.11. The Morgan fingerprint density at radius 3 is 2.52 bits per heavy atom. The van der Waals surface area contributed by atoms with E-state index in [-0.39, 0.29) is 22.9 Å². The number of carbonyl (C=O) groups is 1. The lowest BCUT2D eigenvalue weighted by atomic mass is 10.1. The minimum absolute atomic E-state index is 0.0485. The summed E-state index contributed by atoms with van der Waals surface area (Å²) in [5.41, 5.74) is 0.818. The summed E-state index contributed by atoms with van der Waals surface area (Å²) in [6.07, 6.45) is 0. The lowest BCUT2D eigenvalue weighted by molar-refractivity contribution is -0.384. The van der Waals surface area contributed by atoms with Gasteiger partial charge >= 0.3 is 0 Å². The Morgan fingerprint density at radius 1 is 1.11 bits per heavy atom. The number of anilines is 1. The van der Waals surface area contributed by atoms with E-state index in [0.29, 0.717) is 27.8 Å². The molecule has 0 saturated heterocycles. The highest BCUT2D eigenvalue weighted by Gasteiger charge is 2.17. The van der Waals surface area contributed by atoms with Crippen LogP contribution in [-0.2, 0) is 6.61 Å². The highest BCUT2D eigenvalue weighted by atomic mass is 35.5. The van der Waals surface area contributed by atoms with Gasteiger partial charge < -0.3 is 14.8 Å². The molecule has 0 aliphatic carbocycles. The molecular formula is C18H12Cl2N2O5. The van der Waals surface area contributed by atoms with Crippen molar-refractivity contribution in [3.8, 4) is 11.3 Å². The topological polar surface area (TPSA) is 106 Å². The van der Waals surface area contributed by atoms with Crippen molar-refractivity contribution in [3.05, 3.63) is 80.0 Å². The molecule has 1 amide bonds. The molecule has 0 fully saturated rings. The zero-order chi connectivity index (χ0) is 19.6. The molecule has 3 rings (SSSR count). The maximum atomic E-state index is 12.5. The number of nitrogens with one attached hydrogen (secondary N) is 1. The van der Waals surface area contributed by atoms with Crippen LogP contribution >= 0.6 is 23.2 Å². The van der Waals surface area contributed by atoms with Crippen LogP contribution in [0.1, 0.15) is 16.1 Å². The van der Waals surface area contributed by atoms with E-state index in [9.17, 15) is 14.9 Å². The molecule has 0 spiro atoms. The van der Waals surface area contributed by atoms with Gasteiger partial charge in [0.25, 0.3) is 11.6 Å². The smallest absolute Gasteiger partial charge is 0.270 e. The molecule has 0 unspecified atom stereocenters. The molecule has 27 heavy (non-hydrogen) atoms. The largest absolute Gasteiger partial charge is 0.459 e. The minimum Gasteiger partial charge on any atom is -0.459 e. The predicted octanol–water partition coefficient (Wildman–Crippen LogP) is 4.91. The second-order valence-corrected chi connectivity index (χ2v) is 6.31. The van der Waals surface area contributed by atoms with Crippen LogP contribution in [0.25, 0.3) is 11.3 Å². The third-order valence-corrected chi connectivity index (χ3v) is 4.37. The molecule has 9 heteroatoms. The predicted molar refractivity (Wildman–Crippen MR) is 101 cm³/mol. The number of halogens is 2. The van der Waals surface area contributed by atoms with Crippen LogP contribution in [0.2, 0.25) is 10.0 Å².